The number of carbonyl (C=O) groups is 1. The van der Waals surface area contributed by atoms with Crippen LogP contribution in [-0.2, 0) is 18.3 Å². The van der Waals surface area contributed by atoms with Crippen molar-refractivity contribution in [3.8, 4) is 11.3 Å². The van der Waals surface area contributed by atoms with Crippen LogP contribution in [0.5, 0.6) is 0 Å². The Morgan fingerprint density at radius 3 is 2.82 bits per heavy atom. The second-order valence-corrected chi connectivity index (χ2v) is 8.93. The van der Waals surface area contributed by atoms with Crippen molar-refractivity contribution in [2.24, 2.45) is 7.05 Å². The van der Waals surface area contributed by atoms with E-state index < -0.39 is 0 Å². The normalized spacial score (nSPS) is 19.7. The lowest BCUT2D eigenvalue weighted by Crippen LogP contribution is -2.44. The predicted octanol–water partition coefficient (Wildman–Crippen LogP) is 2.51. The zero-order valence-corrected chi connectivity index (χ0v) is 19.6. The first kappa shape index (κ1) is 22.0. The Balaban J connectivity index is 1.45. The van der Waals surface area contributed by atoms with Crippen molar-refractivity contribution in [2.75, 3.05) is 20.1 Å². The first-order valence-electron chi connectivity index (χ1n) is 11.6. The number of dihydropyridines is 1. The van der Waals surface area contributed by atoms with Crippen molar-refractivity contribution in [3.05, 3.63) is 83.9 Å². The van der Waals surface area contributed by atoms with E-state index in [4.69, 9.17) is 0 Å². The van der Waals surface area contributed by atoms with Gasteiger partial charge in [0.2, 0.25) is 0 Å². The van der Waals surface area contributed by atoms with Gasteiger partial charge in [-0.05, 0) is 56.3 Å². The number of aromatic nitrogens is 4. The van der Waals surface area contributed by atoms with Crippen molar-refractivity contribution in [1.82, 2.24) is 35.3 Å². The van der Waals surface area contributed by atoms with Gasteiger partial charge < -0.3 is 15.5 Å². The third kappa shape index (κ3) is 4.24. The standard InChI is InChI=1S/C26H29N7O/c1-4-20(26(34)31-19-8-11-32(2)12-9-19)23-13-17(7-10-27-23)21-5-6-22-24(21)25(29-16-28-22)18-14-30-33(3)15-18/h4-5,7,10,13-16,19,27H,1,6,8-9,11-12H2,2-3H3,(H,31,34)/b23-20+. The maximum Gasteiger partial charge on any atom is 0.253 e. The van der Waals surface area contributed by atoms with E-state index in [1.54, 1.807) is 17.1 Å². The molecule has 3 aliphatic rings. The number of likely N-dealkylation sites (tertiary alicyclic amines) is 1. The topological polar surface area (TPSA) is 88.0 Å². The largest absolute Gasteiger partial charge is 0.361 e. The fraction of sp³-hybridized carbons (Fsp3) is 0.308. The summed E-state index contributed by atoms with van der Waals surface area (Å²) in [6.07, 6.45) is 17.7. The van der Waals surface area contributed by atoms with E-state index in [1.807, 2.05) is 37.8 Å². The van der Waals surface area contributed by atoms with Crippen LogP contribution in [0.15, 0.2) is 72.6 Å². The number of amides is 1. The molecule has 0 atom stereocenters. The molecule has 2 N–H and O–H groups in total. The van der Waals surface area contributed by atoms with Crippen LogP contribution in [-0.4, -0.2) is 56.7 Å². The quantitative estimate of drug-likeness (QED) is 0.674. The van der Waals surface area contributed by atoms with Crippen molar-refractivity contribution in [3.63, 3.8) is 0 Å². The number of rotatable bonds is 5. The lowest BCUT2D eigenvalue weighted by atomic mass is 9.94. The number of carbonyl (C=O) groups excluding carboxylic acids is 1. The summed E-state index contributed by atoms with van der Waals surface area (Å²) in [7, 11) is 4.00. The minimum absolute atomic E-state index is 0.0989. The molecular weight excluding hydrogens is 426 g/mol. The summed E-state index contributed by atoms with van der Waals surface area (Å²) in [4.78, 5) is 24.5. The Bertz CT molecular complexity index is 1260. The van der Waals surface area contributed by atoms with E-state index >= 15 is 0 Å². The third-order valence-corrected chi connectivity index (χ3v) is 6.58. The van der Waals surface area contributed by atoms with Gasteiger partial charge in [0, 0.05) is 43.0 Å². The second-order valence-electron chi connectivity index (χ2n) is 8.93. The SMILES string of the molecule is C=C/C(C(=O)NC1CCN(C)CC1)=C1/C=C(C2=CCc3ncnc(-c4cnn(C)c4)c32)C=CN1. The minimum Gasteiger partial charge on any atom is -0.361 e. The van der Waals surface area contributed by atoms with Crippen molar-refractivity contribution in [1.29, 1.82) is 0 Å². The summed E-state index contributed by atoms with van der Waals surface area (Å²) < 4.78 is 1.77. The summed E-state index contributed by atoms with van der Waals surface area (Å²) in [6, 6.07) is 0.186. The highest BCUT2D eigenvalue weighted by Crippen LogP contribution is 2.39. The summed E-state index contributed by atoms with van der Waals surface area (Å²) in [6.45, 7) is 5.89. The highest BCUT2D eigenvalue weighted by molar-refractivity contribution is 5.98. The van der Waals surface area contributed by atoms with Gasteiger partial charge in [0.25, 0.3) is 5.91 Å². The molecule has 0 spiro atoms. The molecule has 0 aromatic carbocycles. The molecule has 2 aromatic heterocycles. The number of fused-ring (bicyclic) bond motifs is 1. The maximum atomic E-state index is 13.1. The fourth-order valence-corrected chi connectivity index (χ4v) is 4.72. The van der Waals surface area contributed by atoms with Gasteiger partial charge in [-0.1, -0.05) is 18.7 Å². The molecule has 174 valence electrons. The van der Waals surface area contributed by atoms with Crippen molar-refractivity contribution >= 4 is 11.5 Å². The molecule has 2 aromatic rings. The monoisotopic (exact) mass is 455 g/mol. The van der Waals surface area contributed by atoms with E-state index in [9.17, 15) is 4.79 Å². The molecule has 1 amide bonds. The van der Waals surface area contributed by atoms with E-state index in [-0.39, 0.29) is 11.9 Å². The Labute approximate surface area is 199 Å². The molecule has 0 saturated carbocycles. The van der Waals surface area contributed by atoms with Crippen molar-refractivity contribution < 1.29 is 4.79 Å². The summed E-state index contributed by atoms with van der Waals surface area (Å²) in [5.41, 5.74) is 7.15. The van der Waals surface area contributed by atoms with Crippen LogP contribution in [0.3, 0.4) is 0 Å². The van der Waals surface area contributed by atoms with Gasteiger partial charge in [0.15, 0.2) is 0 Å². The lowest BCUT2D eigenvalue weighted by molar-refractivity contribution is -0.118. The number of hydrogen-bond acceptors (Lipinski definition) is 6. The summed E-state index contributed by atoms with van der Waals surface area (Å²) >= 11 is 0. The zero-order valence-electron chi connectivity index (χ0n) is 19.6. The minimum atomic E-state index is -0.0989. The van der Waals surface area contributed by atoms with E-state index in [1.165, 1.54) is 0 Å². The van der Waals surface area contributed by atoms with E-state index in [0.717, 1.165) is 71.7 Å². The second kappa shape index (κ2) is 9.23. The first-order valence-corrected chi connectivity index (χ1v) is 11.6. The Kier molecular flexibility index (Phi) is 5.98. The molecule has 4 heterocycles. The van der Waals surface area contributed by atoms with Gasteiger partial charge in [0.1, 0.15) is 6.33 Å². The van der Waals surface area contributed by atoms with Crippen LogP contribution in [0, 0.1) is 0 Å². The van der Waals surface area contributed by atoms with Gasteiger partial charge in [-0.15, -0.1) is 0 Å². The molecule has 8 heteroatoms. The molecule has 8 nitrogen and oxygen atoms in total. The predicted molar refractivity (Wildman–Crippen MR) is 132 cm³/mol. The van der Waals surface area contributed by atoms with Gasteiger partial charge in [-0.3, -0.25) is 9.48 Å². The molecule has 34 heavy (non-hydrogen) atoms. The molecule has 1 fully saturated rings. The maximum absolute atomic E-state index is 13.1. The van der Waals surface area contributed by atoms with Gasteiger partial charge in [0.05, 0.1) is 28.9 Å². The van der Waals surface area contributed by atoms with Gasteiger partial charge in [-0.25, -0.2) is 9.97 Å². The number of aryl methyl sites for hydroxylation is 1. The van der Waals surface area contributed by atoms with Crippen LogP contribution in [0.2, 0.25) is 0 Å². The smallest absolute Gasteiger partial charge is 0.253 e. The summed E-state index contributed by atoms with van der Waals surface area (Å²) in [5, 5.41) is 10.7. The van der Waals surface area contributed by atoms with Crippen LogP contribution < -0.4 is 10.6 Å². The number of nitrogens with one attached hydrogen (secondary N) is 2. The average Bonchev–Trinajstić information content (AvgIpc) is 3.47. The molecule has 0 radical (unpaired) electrons. The number of piperidine rings is 1. The Hall–Kier alpha value is -3.78. The molecule has 0 bridgehead atoms. The summed E-state index contributed by atoms with van der Waals surface area (Å²) in [5.74, 6) is -0.0989. The van der Waals surface area contributed by atoms with E-state index in [2.05, 4.69) is 50.3 Å². The van der Waals surface area contributed by atoms with Gasteiger partial charge in [-0.2, -0.15) is 5.10 Å². The number of hydrogen-bond donors (Lipinski definition) is 2. The zero-order chi connectivity index (χ0) is 23.7. The molecule has 2 aliphatic heterocycles. The van der Waals surface area contributed by atoms with Crippen molar-refractivity contribution in [2.45, 2.75) is 25.3 Å². The third-order valence-electron chi connectivity index (χ3n) is 6.58. The Morgan fingerprint density at radius 2 is 2.09 bits per heavy atom. The first-order chi connectivity index (χ1) is 16.5. The Morgan fingerprint density at radius 1 is 1.26 bits per heavy atom. The molecule has 0 unspecified atom stereocenters. The highest BCUT2D eigenvalue weighted by Gasteiger charge is 2.26. The van der Waals surface area contributed by atoms with Crippen LogP contribution in [0.25, 0.3) is 16.8 Å². The molecular formula is C26H29N7O. The van der Waals surface area contributed by atoms with Crippen LogP contribution in [0.4, 0.5) is 0 Å². The van der Waals surface area contributed by atoms with E-state index in [0.29, 0.717) is 5.57 Å². The number of nitrogens with zero attached hydrogens (tertiary/aromatic N) is 5. The number of allylic oxidation sites excluding steroid dienone is 5. The highest BCUT2D eigenvalue weighted by atomic mass is 16.1. The molecule has 1 aliphatic carbocycles. The lowest BCUT2D eigenvalue weighted by Gasteiger charge is -2.29. The van der Waals surface area contributed by atoms with Crippen LogP contribution >= 0.6 is 0 Å². The fourth-order valence-electron chi connectivity index (χ4n) is 4.72. The van der Waals surface area contributed by atoms with Crippen LogP contribution in [0.1, 0.15) is 24.1 Å². The molecule has 1 saturated heterocycles. The molecule has 5 rings (SSSR count). The average molecular weight is 456 g/mol. The van der Waals surface area contributed by atoms with Gasteiger partial charge >= 0.3 is 0 Å².